The van der Waals surface area contributed by atoms with Crippen molar-refractivity contribution in [1.82, 2.24) is 20.0 Å². The summed E-state index contributed by atoms with van der Waals surface area (Å²) >= 11 is 1.54. The molecule has 0 fully saturated rings. The highest BCUT2D eigenvalue weighted by Gasteiger charge is 2.23. The molecule has 1 amide bonds. The van der Waals surface area contributed by atoms with Crippen LogP contribution in [-0.2, 0) is 13.0 Å². The van der Waals surface area contributed by atoms with Gasteiger partial charge in [-0.05, 0) is 26.0 Å². The Bertz CT molecular complexity index is 991. The van der Waals surface area contributed by atoms with Gasteiger partial charge in [-0.2, -0.15) is 0 Å². The Labute approximate surface area is 155 Å². The van der Waals surface area contributed by atoms with Gasteiger partial charge in [-0.15, -0.1) is 11.3 Å². The quantitative estimate of drug-likeness (QED) is 0.760. The van der Waals surface area contributed by atoms with Crippen molar-refractivity contribution in [3.63, 3.8) is 0 Å². The minimum absolute atomic E-state index is 0.180. The Kier molecular flexibility index (Phi) is 4.24. The summed E-state index contributed by atoms with van der Waals surface area (Å²) in [5.41, 5.74) is 3.49. The first-order valence-corrected chi connectivity index (χ1v) is 9.49. The molecule has 0 unspecified atom stereocenters. The summed E-state index contributed by atoms with van der Waals surface area (Å²) in [4.78, 5) is 25.5. The van der Waals surface area contributed by atoms with E-state index < -0.39 is 0 Å². The van der Waals surface area contributed by atoms with Gasteiger partial charge in [0.15, 0.2) is 5.13 Å². The van der Waals surface area contributed by atoms with Crippen LogP contribution in [0.5, 0.6) is 0 Å². The van der Waals surface area contributed by atoms with Crippen LogP contribution in [0.15, 0.2) is 10.6 Å². The van der Waals surface area contributed by atoms with Crippen LogP contribution in [0.25, 0.3) is 11.1 Å². The van der Waals surface area contributed by atoms with E-state index in [-0.39, 0.29) is 11.8 Å². The molecule has 26 heavy (non-hydrogen) atoms. The first-order chi connectivity index (χ1) is 12.4. The second-order valence-electron chi connectivity index (χ2n) is 7.03. The Morgan fingerprint density at radius 3 is 2.96 bits per heavy atom. The van der Waals surface area contributed by atoms with Crippen molar-refractivity contribution in [3.05, 3.63) is 33.6 Å². The molecule has 4 heterocycles. The average molecular weight is 371 g/mol. The third kappa shape index (κ3) is 2.99. The van der Waals surface area contributed by atoms with Crippen molar-refractivity contribution < 1.29 is 9.32 Å². The molecule has 1 aliphatic heterocycles. The average Bonchev–Trinajstić information content (AvgIpc) is 3.16. The van der Waals surface area contributed by atoms with Crippen LogP contribution in [0.2, 0.25) is 0 Å². The van der Waals surface area contributed by atoms with Crippen LogP contribution in [0.3, 0.4) is 0 Å². The zero-order valence-corrected chi connectivity index (χ0v) is 16.1. The lowest BCUT2D eigenvalue weighted by atomic mass is 10.0. The second-order valence-corrected chi connectivity index (χ2v) is 8.11. The fraction of sp³-hybridized carbons (Fsp3) is 0.444. The maximum absolute atomic E-state index is 13.0. The fourth-order valence-electron chi connectivity index (χ4n) is 3.13. The molecule has 1 aliphatic rings. The van der Waals surface area contributed by atoms with E-state index in [1.807, 2.05) is 26.8 Å². The first kappa shape index (κ1) is 17.1. The Balaban J connectivity index is 1.69. The van der Waals surface area contributed by atoms with Gasteiger partial charge >= 0.3 is 0 Å². The lowest BCUT2D eigenvalue weighted by Crippen LogP contribution is -2.25. The van der Waals surface area contributed by atoms with E-state index in [4.69, 9.17) is 4.52 Å². The van der Waals surface area contributed by atoms with Crippen molar-refractivity contribution >= 4 is 33.5 Å². The highest BCUT2D eigenvalue weighted by atomic mass is 32.1. The number of likely N-dealkylation sites (N-methyl/N-ethyl adjacent to an activating group) is 1. The number of hydrogen-bond donors (Lipinski definition) is 1. The molecule has 7 nitrogen and oxygen atoms in total. The Morgan fingerprint density at radius 2 is 2.19 bits per heavy atom. The molecule has 0 saturated carbocycles. The van der Waals surface area contributed by atoms with Gasteiger partial charge in [0, 0.05) is 30.1 Å². The number of nitrogens with zero attached hydrogens (tertiary/aromatic N) is 4. The molecule has 0 bridgehead atoms. The molecule has 0 saturated heterocycles. The normalized spacial score (nSPS) is 14.8. The van der Waals surface area contributed by atoms with E-state index in [0.29, 0.717) is 27.5 Å². The van der Waals surface area contributed by atoms with Crippen LogP contribution in [0.1, 0.15) is 52.1 Å². The van der Waals surface area contributed by atoms with Crippen LogP contribution in [0.4, 0.5) is 5.13 Å². The number of thiazole rings is 1. The smallest absolute Gasteiger partial charge is 0.259 e. The van der Waals surface area contributed by atoms with E-state index in [0.717, 1.165) is 30.9 Å². The molecule has 0 spiro atoms. The molecule has 0 radical (unpaired) electrons. The number of hydrogen-bond acceptors (Lipinski definition) is 7. The molecule has 4 rings (SSSR count). The first-order valence-electron chi connectivity index (χ1n) is 8.67. The van der Waals surface area contributed by atoms with Gasteiger partial charge < -0.3 is 9.42 Å². The predicted molar refractivity (Wildman–Crippen MR) is 101 cm³/mol. The van der Waals surface area contributed by atoms with Crippen LogP contribution >= 0.6 is 11.3 Å². The lowest BCUT2D eigenvalue weighted by molar-refractivity contribution is 0.102. The number of aryl methyl sites for hydroxylation is 1. The van der Waals surface area contributed by atoms with E-state index in [2.05, 4.69) is 32.4 Å². The molecule has 1 N–H and O–H groups in total. The number of aromatic nitrogens is 3. The van der Waals surface area contributed by atoms with Crippen LogP contribution in [0, 0.1) is 6.92 Å². The van der Waals surface area contributed by atoms with Gasteiger partial charge in [-0.25, -0.2) is 9.97 Å². The number of fused-ring (bicyclic) bond motifs is 2. The minimum atomic E-state index is -0.204. The topological polar surface area (TPSA) is 84.1 Å². The van der Waals surface area contributed by atoms with E-state index >= 15 is 0 Å². The molecule has 3 aromatic heterocycles. The summed E-state index contributed by atoms with van der Waals surface area (Å²) in [6.45, 7) is 7.75. The highest BCUT2D eigenvalue weighted by molar-refractivity contribution is 7.15. The van der Waals surface area contributed by atoms with Gasteiger partial charge in [0.25, 0.3) is 11.6 Å². The Morgan fingerprint density at radius 1 is 1.38 bits per heavy atom. The second kappa shape index (κ2) is 6.44. The molecule has 0 atom stereocenters. The maximum Gasteiger partial charge on any atom is 0.259 e. The summed E-state index contributed by atoms with van der Waals surface area (Å²) in [6, 6.07) is 1.83. The number of carbonyl (C=O) groups excluding carboxylic acids is 1. The third-order valence-corrected chi connectivity index (χ3v) is 5.61. The SMILES string of the molecule is Cc1noc2nc(C(C)C)cc(C(=O)Nc3nc4c(s3)CN(C)CC4)c12. The van der Waals surface area contributed by atoms with Crippen molar-refractivity contribution in [2.75, 3.05) is 18.9 Å². The molecule has 3 aromatic rings. The molecular weight excluding hydrogens is 350 g/mol. The summed E-state index contributed by atoms with van der Waals surface area (Å²) in [7, 11) is 2.09. The van der Waals surface area contributed by atoms with Gasteiger partial charge in [-0.1, -0.05) is 19.0 Å². The predicted octanol–water partition coefficient (Wildman–Crippen LogP) is 3.35. The number of carbonyl (C=O) groups is 1. The largest absolute Gasteiger partial charge is 0.336 e. The molecule has 8 heteroatoms. The van der Waals surface area contributed by atoms with Crippen LogP contribution < -0.4 is 5.32 Å². The zero-order valence-electron chi connectivity index (χ0n) is 15.3. The number of rotatable bonds is 3. The van der Waals surface area contributed by atoms with Gasteiger partial charge in [-0.3, -0.25) is 10.1 Å². The summed E-state index contributed by atoms with van der Waals surface area (Å²) < 4.78 is 5.30. The van der Waals surface area contributed by atoms with E-state index in [1.165, 1.54) is 4.88 Å². The molecular formula is C18H21N5O2S. The summed E-state index contributed by atoms with van der Waals surface area (Å²) in [5.74, 6) is -0.0240. The summed E-state index contributed by atoms with van der Waals surface area (Å²) in [6.07, 6.45) is 0.917. The van der Waals surface area contributed by atoms with Crippen molar-refractivity contribution in [2.45, 2.75) is 39.7 Å². The van der Waals surface area contributed by atoms with Gasteiger partial charge in [0.1, 0.15) is 0 Å². The highest BCUT2D eigenvalue weighted by Crippen LogP contribution is 2.30. The van der Waals surface area contributed by atoms with E-state index in [9.17, 15) is 4.79 Å². The molecule has 0 aromatic carbocycles. The monoisotopic (exact) mass is 371 g/mol. The van der Waals surface area contributed by atoms with Crippen LogP contribution in [-0.4, -0.2) is 39.5 Å². The molecule has 136 valence electrons. The number of amides is 1. The number of nitrogens with one attached hydrogen (secondary N) is 1. The van der Waals surface area contributed by atoms with Gasteiger partial charge in [0.2, 0.25) is 0 Å². The fourth-order valence-corrected chi connectivity index (χ4v) is 4.21. The van der Waals surface area contributed by atoms with Crippen molar-refractivity contribution in [3.8, 4) is 0 Å². The summed E-state index contributed by atoms with van der Waals surface area (Å²) in [5, 5.41) is 8.23. The zero-order chi connectivity index (χ0) is 18.4. The van der Waals surface area contributed by atoms with Gasteiger partial charge in [0.05, 0.1) is 22.3 Å². The lowest BCUT2D eigenvalue weighted by Gasteiger charge is -2.20. The number of pyridine rings is 1. The van der Waals surface area contributed by atoms with Crippen molar-refractivity contribution in [2.24, 2.45) is 0 Å². The third-order valence-electron chi connectivity index (χ3n) is 4.62. The van der Waals surface area contributed by atoms with E-state index in [1.54, 1.807) is 11.3 Å². The maximum atomic E-state index is 13.0. The molecule has 0 aliphatic carbocycles. The van der Waals surface area contributed by atoms with Crippen molar-refractivity contribution in [1.29, 1.82) is 0 Å². The number of anilines is 1. The minimum Gasteiger partial charge on any atom is -0.336 e. The Hall–Kier alpha value is -2.32. The standard InChI is InChI=1S/C18H21N5O2S/c1-9(2)13-7-11(15-10(3)22-25-17(15)19-13)16(24)21-18-20-12-5-6-23(4)8-14(12)26-18/h7,9H,5-6,8H2,1-4H3,(H,20,21,24).